The molecule has 0 atom stereocenters. The highest BCUT2D eigenvalue weighted by atomic mass is 35.9. The third-order valence-electron chi connectivity index (χ3n) is 2.29. The van der Waals surface area contributed by atoms with Crippen molar-refractivity contribution in [2.24, 2.45) is 0 Å². The van der Waals surface area contributed by atoms with E-state index >= 15 is 0 Å². The normalized spacial score (nSPS) is 11.9. The van der Waals surface area contributed by atoms with Gasteiger partial charge < -0.3 is 0 Å². The summed E-state index contributed by atoms with van der Waals surface area (Å²) in [5, 5.41) is 4.81. The van der Waals surface area contributed by atoms with Crippen LogP contribution in [0, 0.1) is 0 Å². The third kappa shape index (κ3) is 2.71. The molecule has 0 radical (unpaired) electrons. The number of carbonyl (C=O) groups is 1. The molecule has 0 aliphatic heterocycles. The Labute approximate surface area is 107 Å². The van der Waals surface area contributed by atoms with Gasteiger partial charge in [-0.3, -0.25) is 14.0 Å². The Morgan fingerprint density at radius 1 is 1.41 bits per heavy atom. The highest BCUT2D eigenvalue weighted by Crippen LogP contribution is 2.58. The fourth-order valence-corrected chi connectivity index (χ4v) is 2.79. The maximum atomic E-state index is 11.4. The zero-order valence-corrected chi connectivity index (χ0v) is 11.3. The lowest BCUT2D eigenvalue weighted by molar-refractivity contribution is 0.101. The fourth-order valence-electron chi connectivity index (χ4n) is 1.65. The first-order valence-electron chi connectivity index (χ1n) is 4.83. The Balaban J connectivity index is 2.65. The monoisotopic (exact) mass is 290 g/mol. The van der Waals surface area contributed by atoms with E-state index in [2.05, 4.69) is 5.10 Å². The Morgan fingerprint density at radius 2 is 2.06 bits per heavy atom. The van der Waals surface area contributed by atoms with Crippen LogP contribution in [0.4, 0.5) is 0 Å². The molecule has 0 bridgehead atoms. The summed E-state index contributed by atoms with van der Waals surface area (Å²) in [6.07, 6.45) is -0.107. The van der Waals surface area contributed by atoms with E-state index in [1.54, 1.807) is 18.2 Å². The molecular weight excluding hydrogens is 282 g/mol. The molecule has 2 rings (SSSR count). The summed E-state index contributed by atoms with van der Waals surface area (Å²) in [7, 11) is 0. The largest absolute Gasteiger partial charge is 0.293 e. The van der Waals surface area contributed by atoms with Crippen LogP contribution in [-0.2, 0) is 10.9 Å². The zero-order chi connectivity index (χ0) is 12.6. The van der Waals surface area contributed by atoms with E-state index in [0.717, 1.165) is 0 Å². The number of Topliss-reactive ketones (excluding diaryl/α,β-unsaturated/α-hetero) is 1. The lowest BCUT2D eigenvalue weighted by Gasteiger charge is -2.03. The van der Waals surface area contributed by atoms with Crippen LogP contribution in [0.3, 0.4) is 0 Å². The molecule has 2 aromatic rings. The highest BCUT2D eigenvalue weighted by Gasteiger charge is 2.20. The Bertz CT molecular complexity index is 632. The summed E-state index contributed by atoms with van der Waals surface area (Å²) in [4.78, 5) is 11.4. The third-order valence-corrected chi connectivity index (χ3v) is 3.53. The van der Waals surface area contributed by atoms with E-state index in [0.29, 0.717) is 16.6 Å². The average molecular weight is 291 g/mol. The molecular formula is C10H9Cl2N2O2P. The SMILES string of the molecule is CC(=O)c1nn(CP(=O)(Cl)Cl)c2ccccc12. The Hall–Kier alpha value is -0.830. The van der Waals surface area contributed by atoms with Crippen molar-refractivity contribution in [2.75, 3.05) is 0 Å². The zero-order valence-electron chi connectivity index (χ0n) is 8.93. The van der Waals surface area contributed by atoms with Crippen LogP contribution in [0.1, 0.15) is 17.4 Å². The van der Waals surface area contributed by atoms with Crippen LogP contribution in [0.25, 0.3) is 10.9 Å². The minimum Gasteiger partial charge on any atom is -0.293 e. The van der Waals surface area contributed by atoms with E-state index in [-0.39, 0.29) is 12.1 Å². The molecule has 0 N–H and O–H groups in total. The molecule has 0 aliphatic carbocycles. The van der Waals surface area contributed by atoms with Gasteiger partial charge in [-0.25, -0.2) is 0 Å². The van der Waals surface area contributed by atoms with Gasteiger partial charge in [0, 0.05) is 12.3 Å². The van der Waals surface area contributed by atoms with Gasteiger partial charge in [-0.1, -0.05) is 18.2 Å². The molecule has 0 unspecified atom stereocenters. The van der Waals surface area contributed by atoms with Gasteiger partial charge in [-0.15, -0.1) is 0 Å². The fraction of sp³-hybridized carbons (Fsp3) is 0.200. The number of hydrogen-bond donors (Lipinski definition) is 0. The van der Waals surface area contributed by atoms with Gasteiger partial charge in [0.15, 0.2) is 5.78 Å². The summed E-state index contributed by atoms with van der Waals surface area (Å²) >= 11 is 11.1. The molecule has 7 heteroatoms. The maximum Gasteiger partial charge on any atom is 0.273 e. The standard InChI is InChI=1S/C10H9Cl2N2O2P/c1-7(15)10-8-4-2-3-5-9(8)14(13-10)6-17(11,12)16/h2-5H,6H2,1H3. The van der Waals surface area contributed by atoms with Crippen LogP contribution in [0.5, 0.6) is 0 Å². The molecule has 0 spiro atoms. The van der Waals surface area contributed by atoms with Gasteiger partial charge in [0.05, 0.1) is 5.52 Å². The second-order valence-corrected chi connectivity index (χ2v) is 8.85. The van der Waals surface area contributed by atoms with Crippen molar-refractivity contribution in [2.45, 2.75) is 13.2 Å². The molecule has 4 nitrogen and oxygen atoms in total. The molecule has 0 saturated heterocycles. The van der Waals surface area contributed by atoms with Gasteiger partial charge in [-0.05, 0) is 28.5 Å². The smallest absolute Gasteiger partial charge is 0.273 e. The first-order chi connectivity index (χ1) is 7.88. The number of para-hydroxylation sites is 1. The summed E-state index contributed by atoms with van der Waals surface area (Å²) in [6, 6.07) is 7.17. The van der Waals surface area contributed by atoms with Crippen LogP contribution >= 0.6 is 28.3 Å². The van der Waals surface area contributed by atoms with Gasteiger partial charge >= 0.3 is 0 Å². The number of benzene rings is 1. The predicted molar refractivity (Wildman–Crippen MR) is 69.1 cm³/mol. The van der Waals surface area contributed by atoms with E-state index < -0.39 is 5.85 Å². The van der Waals surface area contributed by atoms with Crippen molar-refractivity contribution in [3.63, 3.8) is 0 Å². The molecule has 1 aromatic heterocycles. The van der Waals surface area contributed by atoms with Crippen LogP contribution in [-0.4, -0.2) is 15.6 Å². The molecule has 1 aromatic carbocycles. The van der Waals surface area contributed by atoms with E-state index in [9.17, 15) is 9.36 Å². The quantitative estimate of drug-likeness (QED) is 0.637. The molecule has 0 aliphatic rings. The second-order valence-electron chi connectivity index (χ2n) is 3.63. The van der Waals surface area contributed by atoms with Crippen molar-refractivity contribution in [3.8, 4) is 0 Å². The Kier molecular flexibility index (Phi) is 3.30. The van der Waals surface area contributed by atoms with E-state index in [1.165, 1.54) is 11.6 Å². The Morgan fingerprint density at radius 3 is 2.65 bits per heavy atom. The number of rotatable bonds is 3. The number of hydrogen-bond acceptors (Lipinski definition) is 3. The summed E-state index contributed by atoms with van der Waals surface area (Å²) in [5.74, 6) is -3.43. The van der Waals surface area contributed by atoms with Crippen LogP contribution in [0.2, 0.25) is 0 Å². The highest BCUT2D eigenvalue weighted by molar-refractivity contribution is 8.07. The summed E-state index contributed by atoms with van der Waals surface area (Å²) in [5.41, 5.74) is 1.03. The number of carbonyl (C=O) groups excluding carboxylic acids is 1. The van der Waals surface area contributed by atoms with Crippen molar-refractivity contribution >= 4 is 45.0 Å². The molecule has 90 valence electrons. The number of aromatic nitrogens is 2. The number of halogens is 2. The van der Waals surface area contributed by atoms with E-state index in [1.807, 2.05) is 6.07 Å². The first-order valence-corrected chi connectivity index (χ1v) is 8.53. The average Bonchev–Trinajstić information content (AvgIpc) is 2.55. The maximum absolute atomic E-state index is 11.4. The lowest BCUT2D eigenvalue weighted by atomic mass is 10.2. The number of ketones is 1. The molecule has 17 heavy (non-hydrogen) atoms. The summed E-state index contributed by atoms with van der Waals surface area (Å²) < 4.78 is 12.8. The van der Waals surface area contributed by atoms with Crippen LogP contribution < -0.4 is 0 Å². The molecule has 0 saturated carbocycles. The van der Waals surface area contributed by atoms with Gasteiger partial charge in [-0.2, -0.15) is 5.10 Å². The van der Waals surface area contributed by atoms with Crippen molar-refractivity contribution in [1.82, 2.24) is 9.78 Å². The van der Waals surface area contributed by atoms with Gasteiger partial charge in [0.25, 0.3) is 5.85 Å². The predicted octanol–water partition coefficient (Wildman–Crippen LogP) is 3.87. The minimum absolute atomic E-state index is 0.107. The van der Waals surface area contributed by atoms with Gasteiger partial charge in [0.1, 0.15) is 12.0 Å². The first kappa shape index (κ1) is 12.6. The lowest BCUT2D eigenvalue weighted by Crippen LogP contribution is -2.00. The minimum atomic E-state index is -3.28. The molecule has 0 fully saturated rings. The van der Waals surface area contributed by atoms with Gasteiger partial charge in [0.2, 0.25) is 0 Å². The van der Waals surface area contributed by atoms with Crippen LogP contribution in [0.15, 0.2) is 24.3 Å². The number of nitrogens with zero attached hydrogens (tertiary/aromatic N) is 2. The molecule has 1 heterocycles. The van der Waals surface area contributed by atoms with Crippen molar-refractivity contribution in [1.29, 1.82) is 0 Å². The molecule has 0 amide bonds. The topological polar surface area (TPSA) is 52.0 Å². The van der Waals surface area contributed by atoms with Crippen molar-refractivity contribution in [3.05, 3.63) is 30.0 Å². The summed E-state index contributed by atoms with van der Waals surface area (Å²) in [6.45, 7) is 1.43. The number of fused-ring (bicyclic) bond motifs is 1. The van der Waals surface area contributed by atoms with E-state index in [4.69, 9.17) is 22.5 Å². The second kappa shape index (κ2) is 4.45. The van der Waals surface area contributed by atoms with Crippen molar-refractivity contribution < 1.29 is 9.36 Å².